The molecule has 0 bridgehead atoms. The van der Waals surface area contributed by atoms with Gasteiger partial charge in [-0.15, -0.1) is 0 Å². The Labute approximate surface area is 64.6 Å². The van der Waals surface area contributed by atoms with Crippen molar-refractivity contribution in [3.05, 3.63) is 23.6 Å². The lowest BCUT2D eigenvalue weighted by Gasteiger charge is -1.72. The average Bonchev–Trinajstić information content (AvgIpc) is 1.89. The van der Waals surface area contributed by atoms with Gasteiger partial charge in [0.05, 0.1) is 12.1 Å². The first kappa shape index (κ1) is 8.81. The standard InChI is InChI=1S/C5H8N2S2/c6-9-7-4-2-1-3-5-8/h1-5,8H,6H2/b2-1-,5-3+,7-4-. The minimum absolute atomic E-state index is 0.935. The number of allylic oxidation sites excluding steroid dienone is 3. The summed E-state index contributed by atoms with van der Waals surface area (Å²) in [5.41, 5.74) is 0. The van der Waals surface area contributed by atoms with Crippen molar-refractivity contribution < 1.29 is 0 Å². The van der Waals surface area contributed by atoms with Gasteiger partial charge in [0.15, 0.2) is 0 Å². The van der Waals surface area contributed by atoms with Crippen LogP contribution >= 0.6 is 24.8 Å². The zero-order valence-corrected chi connectivity index (χ0v) is 6.48. The van der Waals surface area contributed by atoms with E-state index < -0.39 is 0 Å². The van der Waals surface area contributed by atoms with Gasteiger partial charge in [-0.05, 0) is 11.5 Å². The predicted molar refractivity (Wildman–Crippen MR) is 47.5 cm³/mol. The fourth-order valence-corrected chi connectivity index (χ4v) is 0.474. The first-order valence-corrected chi connectivity index (χ1v) is 3.62. The molecule has 9 heavy (non-hydrogen) atoms. The third-order valence-corrected chi connectivity index (χ3v) is 0.932. The third kappa shape index (κ3) is 7.81. The van der Waals surface area contributed by atoms with Crippen LogP contribution in [0.15, 0.2) is 28.0 Å². The molecular formula is C5H8N2S2. The molecule has 0 saturated carbocycles. The third-order valence-electron chi connectivity index (χ3n) is 0.516. The average molecular weight is 160 g/mol. The SMILES string of the molecule is NS\N=C/C=C\C=C\S. The number of nitrogens with two attached hydrogens (primary N) is 1. The number of nitrogens with zero attached hydrogens (tertiary/aromatic N) is 1. The molecule has 0 saturated heterocycles. The lowest BCUT2D eigenvalue weighted by molar-refractivity contribution is 1.88. The summed E-state index contributed by atoms with van der Waals surface area (Å²) >= 11 is 4.77. The highest BCUT2D eigenvalue weighted by Crippen LogP contribution is 1.84. The van der Waals surface area contributed by atoms with Crippen LogP contribution in [0.4, 0.5) is 0 Å². The van der Waals surface area contributed by atoms with Crippen LogP contribution in [0.25, 0.3) is 0 Å². The second-order valence-electron chi connectivity index (χ2n) is 1.09. The van der Waals surface area contributed by atoms with Crippen molar-refractivity contribution in [3.63, 3.8) is 0 Å². The van der Waals surface area contributed by atoms with Gasteiger partial charge in [-0.1, -0.05) is 12.2 Å². The second-order valence-corrected chi connectivity index (χ2v) is 1.81. The summed E-state index contributed by atoms with van der Waals surface area (Å²) in [5.74, 6) is 0. The predicted octanol–water partition coefficient (Wildman–Crippen LogP) is 1.58. The molecule has 0 atom stereocenters. The summed E-state index contributed by atoms with van der Waals surface area (Å²) < 4.78 is 3.67. The van der Waals surface area contributed by atoms with Gasteiger partial charge in [0.1, 0.15) is 0 Å². The molecule has 0 heterocycles. The van der Waals surface area contributed by atoms with Crippen molar-refractivity contribution in [1.29, 1.82) is 0 Å². The van der Waals surface area contributed by atoms with Gasteiger partial charge < -0.3 is 0 Å². The molecule has 0 aromatic heterocycles. The van der Waals surface area contributed by atoms with Gasteiger partial charge in [0, 0.05) is 6.21 Å². The molecule has 0 aliphatic heterocycles. The van der Waals surface area contributed by atoms with Crippen LogP contribution in [0.1, 0.15) is 0 Å². The Morgan fingerprint density at radius 3 is 2.67 bits per heavy atom. The summed E-state index contributed by atoms with van der Waals surface area (Å²) in [7, 11) is 0. The molecule has 4 heteroatoms. The summed E-state index contributed by atoms with van der Waals surface area (Å²) in [6.07, 6.45) is 6.98. The van der Waals surface area contributed by atoms with Crippen LogP contribution in [-0.2, 0) is 0 Å². The van der Waals surface area contributed by atoms with Crippen LogP contribution in [0, 0.1) is 0 Å². The quantitative estimate of drug-likeness (QED) is 0.285. The molecule has 0 aliphatic carbocycles. The van der Waals surface area contributed by atoms with E-state index in [1.807, 2.05) is 6.08 Å². The molecule has 0 radical (unpaired) electrons. The molecule has 50 valence electrons. The van der Waals surface area contributed by atoms with Crippen LogP contribution < -0.4 is 5.14 Å². The zero-order chi connectivity index (χ0) is 6.95. The number of thiol groups is 1. The Morgan fingerprint density at radius 1 is 1.33 bits per heavy atom. The minimum Gasteiger partial charge on any atom is -0.258 e. The minimum atomic E-state index is 0.935. The van der Waals surface area contributed by atoms with Gasteiger partial charge in [-0.25, -0.2) is 4.40 Å². The monoisotopic (exact) mass is 160 g/mol. The number of rotatable bonds is 3. The van der Waals surface area contributed by atoms with Crippen molar-refractivity contribution in [1.82, 2.24) is 0 Å². The van der Waals surface area contributed by atoms with Gasteiger partial charge >= 0.3 is 0 Å². The topological polar surface area (TPSA) is 38.4 Å². The van der Waals surface area contributed by atoms with Gasteiger partial charge in [0.25, 0.3) is 0 Å². The van der Waals surface area contributed by atoms with Crippen LogP contribution in [-0.4, -0.2) is 6.21 Å². The lowest BCUT2D eigenvalue weighted by atomic mass is 10.5. The van der Waals surface area contributed by atoms with Crippen molar-refractivity contribution in [2.75, 3.05) is 0 Å². The van der Waals surface area contributed by atoms with E-state index in [1.54, 1.807) is 23.8 Å². The molecule has 0 aromatic rings. The van der Waals surface area contributed by atoms with Gasteiger partial charge in [-0.3, -0.25) is 5.14 Å². The summed E-state index contributed by atoms with van der Waals surface area (Å²) in [6.45, 7) is 0. The summed E-state index contributed by atoms with van der Waals surface area (Å²) in [5, 5.41) is 6.63. The first-order chi connectivity index (χ1) is 4.41. The maximum atomic E-state index is 5.00. The largest absolute Gasteiger partial charge is 0.258 e. The van der Waals surface area contributed by atoms with Crippen molar-refractivity contribution >= 4 is 31.0 Å². The molecule has 0 fully saturated rings. The molecule has 0 aromatic carbocycles. The van der Waals surface area contributed by atoms with Crippen LogP contribution in [0.2, 0.25) is 0 Å². The first-order valence-electron chi connectivity index (χ1n) is 2.27. The number of hydrogen-bond donors (Lipinski definition) is 2. The Bertz CT molecular complexity index is 129. The Kier molecular flexibility index (Phi) is 7.65. The fraction of sp³-hybridized carbons (Fsp3) is 0. The highest BCUT2D eigenvalue weighted by atomic mass is 32.2. The van der Waals surface area contributed by atoms with E-state index in [9.17, 15) is 0 Å². The van der Waals surface area contributed by atoms with E-state index in [2.05, 4.69) is 17.0 Å². The molecule has 2 nitrogen and oxygen atoms in total. The van der Waals surface area contributed by atoms with Gasteiger partial charge in [-0.2, -0.15) is 12.6 Å². The molecule has 0 rings (SSSR count). The van der Waals surface area contributed by atoms with Crippen molar-refractivity contribution in [3.8, 4) is 0 Å². The van der Waals surface area contributed by atoms with Gasteiger partial charge in [0.2, 0.25) is 0 Å². The Morgan fingerprint density at radius 2 is 2.11 bits per heavy atom. The van der Waals surface area contributed by atoms with E-state index in [0.717, 1.165) is 12.1 Å². The molecule has 0 unspecified atom stereocenters. The smallest absolute Gasteiger partial charge is 0.0555 e. The maximum absolute atomic E-state index is 5.00. The lowest BCUT2D eigenvalue weighted by Crippen LogP contribution is -1.69. The summed E-state index contributed by atoms with van der Waals surface area (Å²) in [6, 6.07) is 0. The van der Waals surface area contributed by atoms with E-state index in [0.29, 0.717) is 0 Å². The van der Waals surface area contributed by atoms with E-state index in [4.69, 9.17) is 5.14 Å². The Hall–Kier alpha value is -0.190. The van der Waals surface area contributed by atoms with Crippen LogP contribution in [0.3, 0.4) is 0 Å². The van der Waals surface area contributed by atoms with Crippen molar-refractivity contribution in [2.24, 2.45) is 9.54 Å². The number of hydrogen-bond acceptors (Lipinski definition) is 4. The molecule has 0 spiro atoms. The van der Waals surface area contributed by atoms with E-state index in [-0.39, 0.29) is 0 Å². The van der Waals surface area contributed by atoms with E-state index >= 15 is 0 Å². The Balaban J connectivity index is 3.35. The highest BCUT2D eigenvalue weighted by Gasteiger charge is 1.61. The zero-order valence-electron chi connectivity index (χ0n) is 4.77. The maximum Gasteiger partial charge on any atom is 0.0555 e. The van der Waals surface area contributed by atoms with Crippen LogP contribution in [0.5, 0.6) is 0 Å². The fourth-order valence-electron chi connectivity index (χ4n) is 0.234. The molecule has 0 aliphatic rings. The molecule has 0 amide bonds. The van der Waals surface area contributed by atoms with E-state index in [1.165, 1.54) is 0 Å². The normalized spacial score (nSPS) is 12.7. The summed E-state index contributed by atoms with van der Waals surface area (Å²) in [4.78, 5) is 0. The molecule has 2 N–H and O–H groups in total. The molecular weight excluding hydrogens is 152 g/mol. The van der Waals surface area contributed by atoms with Crippen molar-refractivity contribution in [2.45, 2.75) is 0 Å². The second kappa shape index (κ2) is 7.81. The highest BCUT2D eigenvalue weighted by molar-refractivity contribution is 7.95.